The smallest absolute Gasteiger partial charge is 0.328 e. The molecule has 0 atom stereocenters. The van der Waals surface area contributed by atoms with E-state index in [1.807, 2.05) is 6.92 Å². The van der Waals surface area contributed by atoms with Crippen LogP contribution < -0.4 is 9.47 Å². The Labute approximate surface area is 100 Å². The van der Waals surface area contributed by atoms with E-state index in [4.69, 9.17) is 14.6 Å². The Bertz CT molecular complexity index is 410. The van der Waals surface area contributed by atoms with Crippen molar-refractivity contribution in [2.45, 2.75) is 13.3 Å². The number of rotatable bonds is 6. The fourth-order valence-electron chi connectivity index (χ4n) is 1.37. The summed E-state index contributed by atoms with van der Waals surface area (Å²) in [6.07, 6.45) is 3.46. The Hall–Kier alpha value is -1.97. The maximum Gasteiger partial charge on any atom is 0.328 e. The molecular formula is C13H16O4. The lowest BCUT2D eigenvalue weighted by molar-refractivity contribution is -0.131. The molecular weight excluding hydrogens is 220 g/mol. The summed E-state index contributed by atoms with van der Waals surface area (Å²) in [5, 5.41) is 8.59. The highest BCUT2D eigenvalue weighted by Crippen LogP contribution is 2.31. The van der Waals surface area contributed by atoms with Crippen LogP contribution in [0.25, 0.3) is 6.08 Å². The highest BCUT2D eigenvalue weighted by molar-refractivity contribution is 5.86. The van der Waals surface area contributed by atoms with Crippen molar-refractivity contribution in [3.63, 3.8) is 0 Å². The van der Waals surface area contributed by atoms with Gasteiger partial charge in [-0.1, -0.05) is 19.1 Å². The van der Waals surface area contributed by atoms with Crippen LogP contribution in [0.3, 0.4) is 0 Å². The number of hydrogen-bond donors (Lipinski definition) is 1. The maximum absolute atomic E-state index is 10.5. The van der Waals surface area contributed by atoms with Gasteiger partial charge in [-0.2, -0.15) is 0 Å². The topological polar surface area (TPSA) is 55.8 Å². The minimum absolute atomic E-state index is 0.554. The minimum atomic E-state index is -0.994. The van der Waals surface area contributed by atoms with Gasteiger partial charge in [0.15, 0.2) is 11.5 Å². The molecule has 1 aromatic carbocycles. The maximum atomic E-state index is 10.5. The van der Waals surface area contributed by atoms with Gasteiger partial charge in [0.1, 0.15) is 0 Å². The molecule has 1 N–H and O–H groups in total. The zero-order chi connectivity index (χ0) is 12.7. The van der Waals surface area contributed by atoms with Crippen molar-refractivity contribution >= 4 is 12.0 Å². The van der Waals surface area contributed by atoms with Crippen molar-refractivity contribution in [1.82, 2.24) is 0 Å². The van der Waals surface area contributed by atoms with E-state index in [0.29, 0.717) is 23.7 Å². The standard InChI is InChI=1S/C13H16O4/c1-3-9-17-11-6-4-5-10(13(11)16-2)7-8-12(14)15/h4-8H,3,9H2,1-2H3,(H,14,15)/b8-7+. The summed E-state index contributed by atoms with van der Waals surface area (Å²) in [6, 6.07) is 5.37. The summed E-state index contributed by atoms with van der Waals surface area (Å²) in [5.74, 6) is 0.187. The molecule has 0 aliphatic heterocycles. The molecule has 0 radical (unpaired) electrons. The van der Waals surface area contributed by atoms with Crippen molar-refractivity contribution < 1.29 is 19.4 Å². The number of benzene rings is 1. The zero-order valence-corrected chi connectivity index (χ0v) is 9.97. The van der Waals surface area contributed by atoms with Gasteiger partial charge in [-0.05, 0) is 18.6 Å². The van der Waals surface area contributed by atoms with Crippen LogP contribution in [0.15, 0.2) is 24.3 Å². The number of methoxy groups -OCH3 is 1. The summed E-state index contributed by atoms with van der Waals surface area (Å²) in [5.41, 5.74) is 0.684. The van der Waals surface area contributed by atoms with Gasteiger partial charge < -0.3 is 14.6 Å². The van der Waals surface area contributed by atoms with Crippen molar-refractivity contribution in [2.24, 2.45) is 0 Å². The molecule has 0 spiro atoms. The first-order chi connectivity index (χ1) is 8.19. The number of ether oxygens (including phenoxy) is 2. The van der Waals surface area contributed by atoms with Gasteiger partial charge in [0.25, 0.3) is 0 Å². The Morgan fingerprint density at radius 3 is 2.82 bits per heavy atom. The molecule has 0 heterocycles. The molecule has 1 rings (SSSR count). The molecule has 4 heteroatoms. The minimum Gasteiger partial charge on any atom is -0.492 e. The quantitative estimate of drug-likeness (QED) is 0.771. The van der Waals surface area contributed by atoms with E-state index in [0.717, 1.165) is 12.5 Å². The van der Waals surface area contributed by atoms with Gasteiger partial charge >= 0.3 is 5.97 Å². The Morgan fingerprint density at radius 1 is 1.47 bits per heavy atom. The molecule has 92 valence electrons. The first kappa shape index (κ1) is 13.1. The van der Waals surface area contributed by atoms with Gasteiger partial charge in [0.05, 0.1) is 13.7 Å². The normalized spacial score (nSPS) is 10.5. The monoisotopic (exact) mass is 236 g/mol. The second-order valence-electron chi connectivity index (χ2n) is 3.40. The van der Waals surface area contributed by atoms with E-state index in [2.05, 4.69) is 0 Å². The van der Waals surface area contributed by atoms with Crippen molar-refractivity contribution in [3.8, 4) is 11.5 Å². The van der Waals surface area contributed by atoms with Gasteiger partial charge in [0, 0.05) is 11.6 Å². The first-order valence-corrected chi connectivity index (χ1v) is 5.39. The van der Waals surface area contributed by atoms with Crippen LogP contribution >= 0.6 is 0 Å². The van der Waals surface area contributed by atoms with Crippen LogP contribution in [0, 0.1) is 0 Å². The van der Waals surface area contributed by atoms with E-state index >= 15 is 0 Å². The lowest BCUT2D eigenvalue weighted by Crippen LogP contribution is -1.99. The number of hydrogen-bond acceptors (Lipinski definition) is 3. The van der Waals surface area contributed by atoms with Crippen molar-refractivity contribution in [2.75, 3.05) is 13.7 Å². The molecule has 0 aliphatic carbocycles. The highest BCUT2D eigenvalue weighted by atomic mass is 16.5. The number of carbonyl (C=O) groups is 1. The van der Waals surface area contributed by atoms with Crippen LogP contribution in [0.5, 0.6) is 11.5 Å². The lowest BCUT2D eigenvalue weighted by atomic mass is 10.1. The van der Waals surface area contributed by atoms with E-state index in [1.54, 1.807) is 18.2 Å². The third kappa shape index (κ3) is 3.83. The lowest BCUT2D eigenvalue weighted by Gasteiger charge is -2.11. The van der Waals surface area contributed by atoms with Crippen LogP contribution in [0.4, 0.5) is 0 Å². The fourth-order valence-corrected chi connectivity index (χ4v) is 1.37. The largest absolute Gasteiger partial charge is 0.492 e. The molecule has 0 saturated carbocycles. The molecule has 0 fully saturated rings. The third-order valence-corrected chi connectivity index (χ3v) is 2.08. The number of aliphatic carboxylic acids is 1. The summed E-state index contributed by atoms with van der Waals surface area (Å²) in [6.45, 7) is 2.61. The molecule has 0 unspecified atom stereocenters. The molecule has 0 saturated heterocycles. The predicted molar refractivity (Wildman–Crippen MR) is 65.4 cm³/mol. The van der Waals surface area contributed by atoms with E-state index in [9.17, 15) is 4.79 Å². The summed E-state index contributed by atoms with van der Waals surface area (Å²) >= 11 is 0. The summed E-state index contributed by atoms with van der Waals surface area (Å²) < 4.78 is 10.8. The SMILES string of the molecule is CCCOc1cccc(/C=C/C(=O)O)c1OC. The fraction of sp³-hybridized carbons (Fsp3) is 0.308. The Morgan fingerprint density at radius 2 is 2.24 bits per heavy atom. The molecule has 0 aliphatic rings. The number of para-hydroxylation sites is 1. The van der Waals surface area contributed by atoms with E-state index in [-0.39, 0.29) is 0 Å². The van der Waals surface area contributed by atoms with E-state index < -0.39 is 5.97 Å². The highest BCUT2D eigenvalue weighted by Gasteiger charge is 2.07. The van der Waals surface area contributed by atoms with Crippen molar-refractivity contribution in [3.05, 3.63) is 29.8 Å². The second kappa shape index (κ2) is 6.58. The Balaban J connectivity index is 3.00. The molecule has 0 aromatic heterocycles. The van der Waals surface area contributed by atoms with Gasteiger partial charge in [-0.15, -0.1) is 0 Å². The number of carboxylic acid groups (broad SMARTS) is 1. The van der Waals surface area contributed by atoms with Crippen LogP contribution in [0.2, 0.25) is 0 Å². The average Bonchev–Trinajstić information content (AvgIpc) is 2.33. The molecule has 1 aromatic rings. The average molecular weight is 236 g/mol. The van der Waals surface area contributed by atoms with Gasteiger partial charge in [-0.3, -0.25) is 0 Å². The predicted octanol–water partition coefficient (Wildman–Crippen LogP) is 2.58. The number of carboxylic acids is 1. The van der Waals surface area contributed by atoms with Crippen molar-refractivity contribution in [1.29, 1.82) is 0 Å². The van der Waals surface area contributed by atoms with Gasteiger partial charge in [-0.25, -0.2) is 4.79 Å². The summed E-state index contributed by atoms with van der Waals surface area (Å²) in [7, 11) is 1.53. The molecule has 0 bridgehead atoms. The molecule has 0 amide bonds. The first-order valence-electron chi connectivity index (χ1n) is 5.39. The molecule has 4 nitrogen and oxygen atoms in total. The van der Waals surface area contributed by atoms with Crippen LogP contribution in [-0.2, 0) is 4.79 Å². The Kier molecular flexibility index (Phi) is 5.07. The summed E-state index contributed by atoms with van der Waals surface area (Å²) in [4.78, 5) is 10.5. The third-order valence-electron chi connectivity index (χ3n) is 2.08. The molecule has 17 heavy (non-hydrogen) atoms. The van der Waals surface area contributed by atoms with Gasteiger partial charge in [0.2, 0.25) is 0 Å². The van der Waals surface area contributed by atoms with Crippen LogP contribution in [0.1, 0.15) is 18.9 Å². The van der Waals surface area contributed by atoms with E-state index in [1.165, 1.54) is 13.2 Å². The second-order valence-corrected chi connectivity index (χ2v) is 3.40. The van der Waals surface area contributed by atoms with Crippen LogP contribution in [-0.4, -0.2) is 24.8 Å². The zero-order valence-electron chi connectivity index (χ0n) is 9.97.